The van der Waals surface area contributed by atoms with Crippen molar-refractivity contribution in [1.29, 1.82) is 0 Å². The average Bonchev–Trinajstić information content (AvgIpc) is 3.02. The molecule has 2 amide bonds. The molecule has 2 aromatic carbocycles. The maximum atomic E-state index is 12.1. The summed E-state index contributed by atoms with van der Waals surface area (Å²) >= 11 is 0. The summed E-state index contributed by atoms with van der Waals surface area (Å²) in [5.41, 5.74) is 4.01. The topological polar surface area (TPSA) is 68.2 Å². The molecule has 0 saturated carbocycles. The Bertz CT molecular complexity index is 904. The lowest BCUT2D eigenvalue weighted by molar-refractivity contribution is 0.0573. The zero-order valence-corrected chi connectivity index (χ0v) is 14.0. The zero-order chi connectivity index (χ0) is 17.2. The molecule has 128 valence electrons. The second-order valence-electron chi connectivity index (χ2n) is 6.21. The van der Waals surface area contributed by atoms with Crippen molar-refractivity contribution < 1.29 is 9.53 Å². The van der Waals surface area contributed by atoms with Crippen molar-refractivity contribution in [2.24, 2.45) is 0 Å². The van der Waals surface area contributed by atoms with E-state index in [1.54, 1.807) is 0 Å². The van der Waals surface area contributed by atoms with Crippen LogP contribution in [0.15, 0.2) is 48.5 Å². The second-order valence-corrected chi connectivity index (χ2v) is 6.21. The number of urea groups is 1. The van der Waals surface area contributed by atoms with Crippen molar-refractivity contribution >= 4 is 22.8 Å². The van der Waals surface area contributed by atoms with Crippen LogP contribution in [-0.2, 0) is 11.3 Å². The van der Waals surface area contributed by atoms with E-state index < -0.39 is 0 Å². The standard InChI is InChI=1S/C19H20N4O2/c1-13-6-5-9-16-18(13)22-17-12-25-11-15(23(16)17)10-20-19(24)21-14-7-3-2-4-8-14/h2-9,15H,10-12H2,1H3,(H2,20,21,24). The number of carbonyl (C=O) groups is 1. The quantitative estimate of drug-likeness (QED) is 0.771. The highest BCUT2D eigenvalue weighted by molar-refractivity contribution is 5.89. The fraction of sp³-hybridized carbons (Fsp3) is 0.263. The van der Waals surface area contributed by atoms with Crippen LogP contribution in [-0.4, -0.2) is 28.7 Å². The van der Waals surface area contributed by atoms with Crippen molar-refractivity contribution in [1.82, 2.24) is 14.9 Å². The monoisotopic (exact) mass is 336 g/mol. The van der Waals surface area contributed by atoms with Gasteiger partial charge in [-0.15, -0.1) is 0 Å². The van der Waals surface area contributed by atoms with Gasteiger partial charge in [0.1, 0.15) is 12.4 Å². The fourth-order valence-corrected chi connectivity index (χ4v) is 3.23. The summed E-state index contributed by atoms with van der Waals surface area (Å²) in [7, 11) is 0. The van der Waals surface area contributed by atoms with Gasteiger partial charge < -0.3 is 19.9 Å². The minimum Gasteiger partial charge on any atom is -0.371 e. The maximum Gasteiger partial charge on any atom is 0.319 e. The molecule has 6 nitrogen and oxygen atoms in total. The van der Waals surface area contributed by atoms with E-state index in [1.165, 1.54) is 0 Å². The highest BCUT2D eigenvalue weighted by Crippen LogP contribution is 2.27. The molecular formula is C19H20N4O2. The van der Waals surface area contributed by atoms with Crippen molar-refractivity contribution in [3.63, 3.8) is 0 Å². The number of aryl methyl sites for hydroxylation is 1. The van der Waals surface area contributed by atoms with Crippen molar-refractivity contribution in [3.05, 3.63) is 59.9 Å². The molecule has 25 heavy (non-hydrogen) atoms. The molecule has 1 unspecified atom stereocenters. The van der Waals surface area contributed by atoms with Gasteiger partial charge in [-0.1, -0.05) is 30.3 Å². The van der Waals surface area contributed by atoms with Gasteiger partial charge in [-0.2, -0.15) is 0 Å². The number of hydrogen-bond donors (Lipinski definition) is 2. The molecule has 0 spiro atoms. The van der Waals surface area contributed by atoms with E-state index in [0.29, 0.717) is 19.8 Å². The predicted octanol–water partition coefficient (Wildman–Crippen LogP) is 3.24. The molecular weight excluding hydrogens is 316 g/mol. The Balaban J connectivity index is 1.50. The molecule has 0 fully saturated rings. The van der Waals surface area contributed by atoms with Gasteiger partial charge in [0.25, 0.3) is 0 Å². The van der Waals surface area contributed by atoms with Gasteiger partial charge in [-0.3, -0.25) is 0 Å². The van der Waals surface area contributed by atoms with Gasteiger partial charge >= 0.3 is 6.03 Å². The molecule has 1 aromatic heterocycles. The number of fused-ring (bicyclic) bond motifs is 3. The molecule has 0 saturated heterocycles. The fourth-order valence-electron chi connectivity index (χ4n) is 3.23. The number of anilines is 1. The van der Waals surface area contributed by atoms with E-state index in [4.69, 9.17) is 9.72 Å². The smallest absolute Gasteiger partial charge is 0.319 e. The summed E-state index contributed by atoms with van der Waals surface area (Å²) in [6.45, 7) is 3.59. The third kappa shape index (κ3) is 3.08. The first kappa shape index (κ1) is 15.7. The van der Waals surface area contributed by atoms with Crippen LogP contribution in [0.25, 0.3) is 11.0 Å². The first-order valence-corrected chi connectivity index (χ1v) is 8.36. The zero-order valence-electron chi connectivity index (χ0n) is 14.0. The summed E-state index contributed by atoms with van der Waals surface area (Å²) in [6.07, 6.45) is 0. The molecule has 0 bridgehead atoms. The van der Waals surface area contributed by atoms with Crippen molar-refractivity contribution in [2.75, 3.05) is 18.5 Å². The molecule has 1 aliphatic rings. The number of benzene rings is 2. The Morgan fingerprint density at radius 3 is 2.92 bits per heavy atom. The number of hydrogen-bond acceptors (Lipinski definition) is 3. The molecule has 2 N–H and O–H groups in total. The maximum absolute atomic E-state index is 12.1. The number of nitrogens with zero attached hydrogens (tertiary/aromatic N) is 2. The van der Waals surface area contributed by atoms with Crippen molar-refractivity contribution in [3.8, 4) is 0 Å². The number of rotatable bonds is 3. The van der Waals surface area contributed by atoms with Gasteiger partial charge in [0.2, 0.25) is 0 Å². The van der Waals surface area contributed by atoms with Crippen molar-refractivity contribution in [2.45, 2.75) is 19.6 Å². The van der Waals surface area contributed by atoms with E-state index in [9.17, 15) is 4.79 Å². The molecule has 3 aromatic rings. The number of carbonyl (C=O) groups excluding carboxylic acids is 1. The highest BCUT2D eigenvalue weighted by Gasteiger charge is 2.24. The summed E-state index contributed by atoms with van der Waals surface area (Å²) in [6, 6.07) is 15.4. The van der Waals surface area contributed by atoms with E-state index in [-0.39, 0.29) is 12.1 Å². The van der Waals surface area contributed by atoms with E-state index in [1.807, 2.05) is 36.4 Å². The third-order valence-electron chi connectivity index (χ3n) is 4.43. The molecule has 1 atom stereocenters. The van der Waals surface area contributed by atoms with Crippen LogP contribution in [0.5, 0.6) is 0 Å². The van der Waals surface area contributed by atoms with E-state index in [0.717, 1.165) is 28.1 Å². The molecule has 1 aliphatic heterocycles. The third-order valence-corrected chi connectivity index (χ3v) is 4.43. The molecule has 6 heteroatoms. The van der Waals surface area contributed by atoms with Crippen LogP contribution >= 0.6 is 0 Å². The minimum absolute atomic E-state index is 0.0251. The largest absolute Gasteiger partial charge is 0.371 e. The lowest BCUT2D eigenvalue weighted by Gasteiger charge is -2.26. The van der Waals surface area contributed by atoms with Crippen LogP contribution in [0, 0.1) is 6.92 Å². The van der Waals surface area contributed by atoms with Gasteiger partial charge in [-0.25, -0.2) is 9.78 Å². The summed E-state index contributed by atoms with van der Waals surface area (Å²) in [5.74, 6) is 0.908. The lowest BCUT2D eigenvalue weighted by Crippen LogP contribution is -2.37. The second kappa shape index (κ2) is 6.57. The number of para-hydroxylation sites is 2. The Morgan fingerprint density at radius 2 is 2.08 bits per heavy atom. The first-order valence-electron chi connectivity index (χ1n) is 8.36. The Morgan fingerprint density at radius 1 is 1.24 bits per heavy atom. The Hall–Kier alpha value is -2.86. The Labute approximate surface area is 145 Å². The first-order chi connectivity index (χ1) is 12.2. The van der Waals surface area contributed by atoms with Crippen LogP contribution in [0.4, 0.5) is 10.5 Å². The van der Waals surface area contributed by atoms with Crippen LogP contribution < -0.4 is 10.6 Å². The molecule has 0 radical (unpaired) electrons. The lowest BCUT2D eigenvalue weighted by atomic mass is 10.2. The van der Waals surface area contributed by atoms with Gasteiger partial charge in [0.05, 0.1) is 23.7 Å². The normalized spacial score (nSPS) is 16.4. The summed E-state index contributed by atoms with van der Waals surface area (Å²) < 4.78 is 7.86. The minimum atomic E-state index is -0.223. The average molecular weight is 336 g/mol. The van der Waals surface area contributed by atoms with Crippen LogP contribution in [0.3, 0.4) is 0 Å². The predicted molar refractivity (Wildman–Crippen MR) is 96.6 cm³/mol. The molecule has 0 aliphatic carbocycles. The van der Waals surface area contributed by atoms with E-state index in [2.05, 4.69) is 34.3 Å². The number of ether oxygens (including phenoxy) is 1. The summed E-state index contributed by atoms with van der Waals surface area (Å²) in [4.78, 5) is 16.8. The number of imidazole rings is 1. The van der Waals surface area contributed by atoms with Crippen LogP contribution in [0.1, 0.15) is 17.4 Å². The summed E-state index contributed by atoms with van der Waals surface area (Å²) in [5, 5.41) is 5.76. The number of aromatic nitrogens is 2. The SMILES string of the molecule is Cc1cccc2c1nc1n2C(CNC(=O)Nc2ccccc2)COC1. The number of nitrogens with one attached hydrogen (secondary N) is 2. The van der Waals surface area contributed by atoms with Gasteiger partial charge in [0.15, 0.2) is 0 Å². The van der Waals surface area contributed by atoms with Gasteiger partial charge in [0, 0.05) is 12.2 Å². The Kier molecular flexibility index (Phi) is 4.11. The van der Waals surface area contributed by atoms with E-state index >= 15 is 0 Å². The number of amides is 2. The molecule has 2 heterocycles. The highest BCUT2D eigenvalue weighted by atomic mass is 16.5. The van der Waals surface area contributed by atoms with Crippen LogP contribution in [0.2, 0.25) is 0 Å². The molecule has 4 rings (SSSR count). The van der Waals surface area contributed by atoms with Gasteiger partial charge in [-0.05, 0) is 30.7 Å².